The zero-order valence-electron chi connectivity index (χ0n) is 11.7. The minimum absolute atomic E-state index is 0.276. The second-order valence-corrected chi connectivity index (χ2v) is 5.21. The molecule has 0 saturated carbocycles. The maximum Gasteiger partial charge on any atom is 0.138 e. The fraction of sp³-hybridized carbons (Fsp3) is 0.312. The molecule has 0 fully saturated rings. The van der Waals surface area contributed by atoms with Crippen LogP contribution < -0.4 is 0 Å². The van der Waals surface area contributed by atoms with Gasteiger partial charge >= 0.3 is 0 Å². The molecule has 2 aromatic rings. The monoisotopic (exact) mass is 256 g/mol. The summed E-state index contributed by atoms with van der Waals surface area (Å²) in [6, 6.07) is 10.2. The van der Waals surface area contributed by atoms with Crippen LogP contribution >= 0.6 is 0 Å². The predicted octanol–water partition coefficient (Wildman–Crippen LogP) is 2.75. The van der Waals surface area contributed by atoms with Crippen LogP contribution in [0.2, 0.25) is 0 Å². The van der Waals surface area contributed by atoms with E-state index >= 15 is 0 Å². The first-order chi connectivity index (χ1) is 9.04. The molecule has 0 aliphatic heterocycles. The number of nitrogens with zero attached hydrogens (tertiary/aromatic N) is 2. The zero-order chi connectivity index (χ0) is 13.8. The van der Waals surface area contributed by atoms with Gasteiger partial charge in [-0.05, 0) is 44.6 Å². The van der Waals surface area contributed by atoms with Gasteiger partial charge in [0.05, 0.1) is 5.69 Å². The summed E-state index contributed by atoms with van der Waals surface area (Å²) >= 11 is 0. The lowest BCUT2D eigenvalue weighted by molar-refractivity contribution is 0.378. The second-order valence-electron chi connectivity index (χ2n) is 5.21. The van der Waals surface area contributed by atoms with E-state index < -0.39 is 0 Å². The molecule has 0 atom stereocenters. The molecule has 2 rings (SSSR count). The van der Waals surface area contributed by atoms with Gasteiger partial charge in [-0.25, -0.2) is 0 Å². The van der Waals surface area contributed by atoms with Gasteiger partial charge in [0.25, 0.3) is 0 Å². The third-order valence-electron chi connectivity index (χ3n) is 3.00. The number of aromatic nitrogens is 1. The molecule has 100 valence electrons. The van der Waals surface area contributed by atoms with Crippen molar-refractivity contribution in [2.45, 2.75) is 19.9 Å². The number of rotatable bonds is 4. The summed E-state index contributed by atoms with van der Waals surface area (Å²) in [5.74, 6) is 0.276. The Hall–Kier alpha value is -1.87. The van der Waals surface area contributed by atoms with Crippen LogP contribution in [0.15, 0.2) is 36.5 Å². The average molecular weight is 256 g/mol. The molecular weight excluding hydrogens is 236 g/mol. The van der Waals surface area contributed by atoms with E-state index in [0.29, 0.717) is 6.54 Å². The molecule has 0 saturated heterocycles. The number of aromatic hydroxyl groups is 1. The Morgan fingerprint density at radius 3 is 2.37 bits per heavy atom. The van der Waals surface area contributed by atoms with E-state index in [1.807, 2.05) is 31.3 Å². The van der Waals surface area contributed by atoms with Crippen molar-refractivity contribution in [2.75, 3.05) is 14.1 Å². The lowest BCUT2D eigenvalue weighted by Gasteiger charge is -2.11. The summed E-state index contributed by atoms with van der Waals surface area (Å²) in [7, 11) is 3.92. The Labute approximate surface area is 114 Å². The van der Waals surface area contributed by atoms with Crippen molar-refractivity contribution < 1.29 is 5.11 Å². The Bertz CT molecular complexity index is 547. The third-order valence-corrected chi connectivity index (χ3v) is 3.00. The minimum atomic E-state index is 0.276. The Balaban J connectivity index is 2.13. The fourth-order valence-electron chi connectivity index (χ4n) is 1.98. The van der Waals surface area contributed by atoms with Crippen LogP contribution in [0.5, 0.6) is 5.75 Å². The van der Waals surface area contributed by atoms with Crippen molar-refractivity contribution in [3.63, 3.8) is 0 Å². The summed E-state index contributed by atoms with van der Waals surface area (Å²) in [5.41, 5.74) is 4.24. The molecule has 0 unspecified atom stereocenters. The van der Waals surface area contributed by atoms with Crippen LogP contribution in [-0.2, 0) is 13.0 Å². The van der Waals surface area contributed by atoms with Crippen LogP contribution in [0.25, 0.3) is 0 Å². The maximum absolute atomic E-state index is 9.97. The SMILES string of the molecule is Cc1ccc(Cc2cnc(CN(C)C)c(O)c2)cc1. The first-order valence-electron chi connectivity index (χ1n) is 6.41. The minimum Gasteiger partial charge on any atom is -0.506 e. The predicted molar refractivity (Wildman–Crippen MR) is 77.3 cm³/mol. The van der Waals surface area contributed by atoms with Gasteiger partial charge < -0.3 is 10.0 Å². The van der Waals surface area contributed by atoms with E-state index in [1.165, 1.54) is 11.1 Å². The highest BCUT2D eigenvalue weighted by molar-refractivity contribution is 5.34. The molecule has 19 heavy (non-hydrogen) atoms. The van der Waals surface area contributed by atoms with Gasteiger partial charge in [0.15, 0.2) is 0 Å². The van der Waals surface area contributed by atoms with Crippen LogP contribution in [0, 0.1) is 6.92 Å². The molecule has 0 spiro atoms. The fourth-order valence-corrected chi connectivity index (χ4v) is 1.98. The smallest absolute Gasteiger partial charge is 0.138 e. The molecule has 0 radical (unpaired) electrons. The van der Waals surface area contributed by atoms with Crippen molar-refractivity contribution in [2.24, 2.45) is 0 Å². The van der Waals surface area contributed by atoms with Gasteiger partial charge in [-0.2, -0.15) is 0 Å². The molecule has 1 aromatic heterocycles. The molecule has 0 aliphatic rings. The maximum atomic E-state index is 9.97. The molecule has 0 amide bonds. The zero-order valence-corrected chi connectivity index (χ0v) is 11.7. The first kappa shape index (κ1) is 13.6. The lowest BCUT2D eigenvalue weighted by atomic mass is 10.0. The van der Waals surface area contributed by atoms with Gasteiger partial charge in [-0.15, -0.1) is 0 Å². The third kappa shape index (κ3) is 3.80. The molecule has 3 heteroatoms. The Morgan fingerprint density at radius 2 is 1.79 bits per heavy atom. The standard InChI is InChI=1S/C16H20N2O/c1-12-4-6-13(7-5-12)8-14-9-16(19)15(17-10-14)11-18(2)3/h4-7,9-10,19H,8,11H2,1-3H3. The van der Waals surface area contributed by atoms with E-state index in [2.05, 4.69) is 36.2 Å². The summed E-state index contributed by atoms with van der Waals surface area (Å²) < 4.78 is 0. The van der Waals surface area contributed by atoms with Crippen LogP contribution in [-0.4, -0.2) is 29.1 Å². The van der Waals surface area contributed by atoms with E-state index in [4.69, 9.17) is 0 Å². The van der Waals surface area contributed by atoms with Crippen molar-refractivity contribution in [3.05, 3.63) is 58.9 Å². The van der Waals surface area contributed by atoms with Crippen molar-refractivity contribution in [3.8, 4) is 5.75 Å². The van der Waals surface area contributed by atoms with Gasteiger partial charge in [-0.1, -0.05) is 29.8 Å². The average Bonchev–Trinajstić information content (AvgIpc) is 2.35. The summed E-state index contributed by atoms with van der Waals surface area (Å²) in [5, 5.41) is 9.97. The Morgan fingerprint density at radius 1 is 1.11 bits per heavy atom. The lowest BCUT2D eigenvalue weighted by Crippen LogP contribution is -2.12. The van der Waals surface area contributed by atoms with Crippen molar-refractivity contribution >= 4 is 0 Å². The second kappa shape index (κ2) is 5.85. The number of aryl methyl sites for hydroxylation is 1. The molecule has 1 aromatic carbocycles. The van der Waals surface area contributed by atoms with E-state index in [1.54, 1.807) is 0 Å². The highest BCUT2D eigenvalue weighted by Crippen LogP contribution is 2.19. The van der Waals surface area contributed by atoms with Crippen LogP contribution in [0.1, 0.15) is 22.4 Å². The van der Waals surface area contributed by atoms with E-state index in [-0.39, 0.29) is 5.75 Å². The molecule has 1 N–H and O–H groups in total. The summed E-state index contributed by atoms with van der Waals surface area (Å²) in [4.78, 5) is 6.33. The molecule has 3 nitrogen and oxygen atoms in total. The van der Waals surface area contributed by atoms with E-state index in [0.717, 1.165) is 17.7 Å². The van der Waals surface area contributed by atoms with Gasteiger partial charge in [-0.3, -0.25) is 4.98 Å². The van der Waals surface area contributed by atoms with Crippen LogP contribution in [0.4, 0.5) is 0 Å². The largest absolute Gasteiger partial charge is 0.506 e. The topological polar surface area (TPSA) is 36.4 Å². The number of benzene rings is 1. The molecular formula is C16H20N2O. The molecule has 0 aliphatic carbocycles. The number of pyridine rings is 1. The number of hydrogen-bond acceptors (Lipinski definition) is 3. The summed E-state index contributed by atoms with van der Waals surface area (Å²) in [6.07, 6.45) is 2.64. The van der Waals surface area contributed by atoms with Crippen LogP contribution in [0.3, 0.4) is 0 Å². The van der Waals surface area contributed by atoms with Gasteiger partial charge in [0.1, 0.15) is 5.75 Å². The molecule has 1 heterocycles. The normalized spacial score (nSPS) is 10.9. The van der Waals surface area contributed by atoms with E-state index in [9.17, 15) is 5.11 Å². The molecule has 0 bridgehead atoms. The Kier molecular flexibility index (Phi) is 4.17. The quantitative estimate of drug-likeness (QED) is 0.913. The van der Waals surface area contributed by atoms with Crippen molar-refractivity contribution in [1.82, 2.24) is 9.88 Å². The van der Waals surface area contributed by atoms with Gasteiger partial charge in [0.2, 0.25) is 0 Å². The van der Waals surface area contributed by atoms with Crippen molar-refractivity contribution in [1.29, 1.82) is 0 Å². The highest BCUT2D eigenvalue weighted by Gasteiger charge is 2.06. The summed E-state index contributed by atoms with van der Waals surface area (Å²) in [6.45, 7) is 2.73. The highest BCUT2D eigenvalue weighted by atomic mass is 16.3. The number of hydrogen-bond donors (Lipinski definition) is 1. The first-order valence-corrected chi connectivity index (χ1v) is 6.41. The van der Waals surface area contributed by atoms with Gasteiger partial charge in [0, 0.05) is 12.7 Å².